The molecule has 3 aliphatic heterocycles. The van der Waals surface area contributed by atoms with Crippen molar-refractivity contribution in [3.05, 3.63) is 96.1 Å². The average molecular weight is 583 g/mol. The zero-order valence-electron chi connectivity index (χ0n) is 23.4. The Morgan fingerprint density at radius 3 is 2.60 bits per heavy atom. The predicted molar refractivity (Wildman–Crippen MR) is 154 cm³/mol. The van der Waals surface area contributed by atoms with Crippen LogP contribution in [0.25, 0.3) is 5.69 Å². The van der Waals surface area contributed by atoms with Gasteiger partial charge in [-0.3, -0.25) is 19.0 Å². The highest BCUT2D eigenvalue weighted by Crippen LogP contribution is 2.29. The monoisotopic (exact) mass is 582 g/mol. The van der Waals surface area contributed by atoms with Crippen molar-refractivity contribution < 1.29 is 28.6 Å². The molecule has 2 atom stereocenters. The number of amides is 3. The molecule has 0 aliphatic carbocycles. The number of benzene rings is 3. The first-order valence-corrected chi connectivity index (χ1v) is 13.9. The van der Waals surface area contributed by atoms with E-state index in [-0.39, 0.29) is 36.6 Å². The summed E-state index contributed by atoms with van der Waals surface area (Å²) < 4.78 is 19.2. The van der Waals surface area contributed by atoms with Gasteiger partial charge in [-0.15, -0.1) is 10.2 Å². The van der Waals surface area contributed by atoms with Crippen molar-refractivity contribution in [2.75, 3.05) is 26.8 Å². The molecule has 3 aromatic carbocycles. The van der Waals surface area contributed by atoms with Crippen LogP contribution in [0.3, 0.4) is 0 Å². The second kappa shape index (κ2) is 12.2. The Morgan fingerprint density at radius 2 is 1.81 bits per heavy atom. The van der Waals surface area contributed by atoms with Gasteiger partial charge in [0.15, 0.2) is 18.1 Å². The van der Waals surface area contributed by atoms with Crippen LogP contribution in [0.5, 0.6) is 17.2 Å². The van der Waals surface area contributed by atoms with Gasteiger partial charge in [0.1, 0.15) is 24.5 Å². The first-order valence-electron chi connectivity index (χ1n) is 13.9. The summed E-state index contributed by atoms with van der Waals surface area (Å²) in [6, 6.07) is 18.9. The number of aromatic nitrogens is 3. The van der Waals surface area contributed by atoms with E-state index in [0.29, 0.717) is 47.8 Å². The van der Waals surface area contributed by atoms with Crippen molar-refractivity contribution in [1.82, 2.24) is 30.3 Å². The molecule has 12 heteroatoms. The molecule has 4 bridgehead atoms. The van der Waals surface area contributed by atoms with E-state index < -0.39 is 12.1 Å². The van der Waals surface area contributed by atoms with Crippen LogP contribution in [-0.4, -0.2) is 76.3 Å². The van der Waals surface area contributed by atoms with Gasteiger partial charge in [-0.25, -0.2) is 0 Å². The molecule has 43 heavy (non-hydrogen) atoms. The maximum atomic E-state index is 13.8. The summed E-state index contributed by atoms with van der Waals surface area (Å²) in [5.74, 6) is 0.397. The third-order valence-electron chi connectivity index (χ3n) is 7.47. The Labute approximate surface area is 247 Å². The van der Waals surface area contributed by atoms with Crippen LogP contribution in [0, 0.1) is 0 Å². The van der Waals surface area contributed by atoms with E-state index in [9.17, 15) is 14.4 Å². The molecular formula is C31H30N6O6. The summed E-state index contributed by atoms with van der Waals surface area (Å²) in [6.45, 7) is 0.721. The highest BCUT2D eigenvalue weighted by Gasteiger charge is 2.35. The van der Waals surface area contributed by atoms with E-state index in [2.05, 4.69) is 20.8 Å². The molecule has 12 nitrogen and oxygen atoms in total. The van der Waals surface area contributed by atoms with Gasteiger partial charge in [-0.1, -0.05) is 24.3 Å². The summed E-state index contributed by atoms with van der Waals surface area (Å²) in [7, 11) is 1.48. The Hall–Kier alpha value is -5.39. The number of carbonyl (C=O) groups is 3. The minimum absolute atomic E-state index is 0.179. The van der Waals surface area contributed by atoms with Gasteiger partial charge in [-0.05, 0) is 48.0 Å². The highest BCUT2D eigenvalue weighted by molar-refractivity contribution is 5.98. The summed E-state index contributed by atoms with van der Waals surface area (Å²) in [4.78, 5) is 41.5. The van der Waals surface area contributed by atoms with Crippen LogP contribution in [0.4, 0.5) is 0 Å². The molecule has 3 aliphatic rings. The summed E-state index contributed by atoms with van der Waals surface area (Å²) in [5, 5.41) is 13.6. The predicted octanol–water partition coefficient (Wildman–Crippen LogP) is 2.38. The molecule has 2 N–H and O–H groups in total. The number of fused-ring (bicyclic) bond motifs is 7. The van der Waals surface area contributed by atoms with Gasteiger partial charge in [0.2, 0.25) is 0 Å². The first kappa shape index (κ1) is 27.8. The number of ether oxygens (including phenoxy) is 3. The molecule has 4 aromatic rings. The number of rotatable bonds is 3. The molecule has 0 spiro atoms. The lowest BCUT2D eigenvalue weighted by molar-refractivity contribution is -0.123. The van der Waals surface area contributed by atoms with E-state index in [0.717, 1.165) is 5.56 Å². The van der Waals surface area contributed by atoms with Gasteiger partial charge in [0.05, 0.1) is 24.4 Å². The largest absolute Gasteiger partial charge is 0.493 e. The van der Waals surface area contributed by atoms with Crippen molar-refractivity contribution in [1.29, 1.82) is 0 Å². The van der Waals surface area contributed by atoms with Crippen LogP contribution in [0.1, 0.15) is 32.7 Å². The third kappa shape index (κ3) is 6.13. The molecule has 0 unspecified atom stereocenters. The van der Waals surface area contributed by atoms with Crippen LogP contribution in [0.2, 0.25) is 0 Å². The van der Waals surface area contributed by atoms with Gasteiger partial charge < -0.3 is 29.7 Å². The number of hydrogen-bond acceptors (Lipinski definition) is 8. The summed E-state index contributed by atoms with van der Waals surface area (Å²) in [5.41, 5.74) is 2.35. The molecule has 7 rings (SSSR count). The maximum Gasteiger partial charge on any atom is 0.258 e. The number of nitrogens with zero attached hydrogens (tertiary/aromatic N) is 4. The fourth-order valence-electron chi connectivity index (χ4n) is 5.21. The second-order valence-corrected chi connectivity index (χ2v) is 10.2. The number of carbonyl (C=O) groups excluding carboxylic acids is 3. The van der Waals surface area contributed by atoms with E-state index in [1.165, 1.54) is 13.2 Å². The maximum absolute atomic E-state index is 13.8. The van der Waals surface area contributed by atoms with E-state index in [1.54, 1.807) is 40.3 Å². The van der Waals surface area contributed by atoms with Crippen molar-refractivity contribution in [2.45, 2.75) is 25.1 Å². The van der Waals surface area contributed by atoms with E-state index in [1.807, 2.05) is 42.5 Å². The fraction of sp³-hybridized carbons (Fsp3) is 0.258. The van der Waals surface area contributed by atoms with Crippen molar-refractivity contribution in [3.63, 3.8) is 0 Å². The Morgan fingerprint density at radius 1 is 1.02 bits per heavy atom. The molecule has 220 valence electrons. The Kier molecular flexibility index (Phi) is 7.90. The SMILES string of the molecule is COc1ccc2cc1OCC(=O)NCc1ccc(cc1)O[C@@H]1CCN(C(=O)c3ccccc3-n3cnnc3)C[C@@H]1NC2=O. The molecule has 1 fully saturated rings. The minimum atomic E-state index is -0.530. The molecule has 0 radical (unpaired) electrons. The normalized spacial score (nSPS) is 18.8. The molecule has 3 amide bonds. The van der Waals surface area contributed by atoms with Gasteiger partial charge in [-0.2, -0.15) is 0 Å². The average Bonchev–Trinajstić information content (AvgIpc) is 3.58. The lowest BCUT2D eigenvalue weighted by atomic mass is 9.99. The number of piperidine rings is 1. The third-order valence-corrected chi connectivity index (χ3v) is 7.47. The lowest BCUT2D eigenvalue weighted by Crippen LogP contribution is -2.58. The Bertz CT molecular complexity index is 1620. The van der Waals surface area contributed by atoms with Crippen LogP contribution >= 0.6 is 0 Å². The van der Waals surface area contributed by atoms with Gasteiger partial charge in [0, 0.05) is 31.6 Å². The molecular weight excluding hydrogens is 552 g/mol. The zero-order valence-corrected chi connectivity index (χ0v) is 23.4. The van der Waals surface area contributed by atoms with Crippen molar-refractivity contribution in [2.24, 2.45) is 0 Å². The number of para-hydroxylation sites is 1. The second-order valence-electron chi connectivity index (χ2n) is 10.2. The van der Waals surface area contributed by atoms with E-state index >= 15 is 0 Å². The summed E-state index contributed by atoms with van der Waals surface area (Å²) >= 11 is 0. The topological polar surface area (TPSA) is 137 Å². The molecule has 0 saturated carbocycles. The summed E-state index contributed by atoms with van der Waals surface area (Å²) in [6.07, 6.45) is 3.16. The zero-order chi connectivity index (χ0) is 29.8. The van der Waals surface area contributed by atoms with Crippen LogP contribution in [0.15, 0.2) is 79.4 Å². The van der Waals surface area contributed by atoms with Gasteiger partial charge in [0.25, 0.3) is 17.7 Å². The fourth-order valence-corrected chi connectivity index (χ4v) is 5.21. The van der Waals surface area contributed by atoms with Crippen molar-refractivity contribution in [3.8, 4) is 22.9 Å². The first-order chi connectivity index (χ1) is 21.0. The molecule has 4 heterocycles. The Balaban J connectivity index is 1.30. The van der Waals surface area contributed by atoms with Crippen LogP contribution < -0.4 is 24.8 Å². The van der Waals surface area contributed by atoms with Gasteiger partial charge >= 0.3 is 0 Å². The number of likely N-dealkylation sites (tertiary alicyclic amines) is 1. The minimum Gasteiger partial charge on any atom is -0.493 e. The lowest BCUT2D eigenvalue weighted by Gasteiger charge is -2.39. The smallest absolute Gasteiger partial charge is 0.258 e. The molecule has 1 saturated heterocycles. The number of methoxy groups -OCH3 is 1. The quantitative estimate of drug-likeness (QED) is 0.376. The highest BCUT2D eigenvalue weighted by atomic mass is 16.5. The number of nitrogens with one attached hydrogen (secondary N) is 2. The molecule has 1 aromatic heterocycles. The van der Waals surface area contributed by atoms with Crippen molar-refractivity contribution >= 4 is 17.7 Å². The standard InChI is InChI=1S/C31H30N6O6/c1-41-27-11-8-21-14-28(27)42-17-29(38)32-15-20-6-9-22(10-7-20)43-26-12-13-36(16-24(26)35-30(21)39)31(40)23-4-2-3-5-25(23)37-18-33-34-19-37/h2-11,14,18-19,24,26H,12-13,15-17H2,1H3,(H,32,38)(H,35,39)/t24-,26+/m0/s1. The number of hydrogen-bond donors (Lipinski definition) is 2. The van der Waals surface area contributed by atoms with Crippen LogP contribution in [-0.2, 0) is 11.3 Å². The van der Waals surface area contributed by atoms with E-state index in [4.69, 9.17) is 14.2 Å².